The Morgan fingerprint density at radius 3 is 2.61 bits per heavy atom. The minimum atomic E-state index is -0.889. The molecular weight excluding hydrogens is 419 g/mol. The van der Waals surface area contributed by atoms with Gasteiger partial charge < -0.3 is 15.0 Å². The van der Waals surface area contributed by atoms with Crippen molar-refractivity contribution in [2.24, 2.45) is 0 Å². The summed E-state index contributed by atoms with van der Waals surface area (Å²) in [7, 11) is 0. The molecule has 1 aliphatic carbocycles. The summed E-state index contributed by atoms with van der Waals surface area (Å²) in [5.74, 6) is -1.24. The number of rotatable bonds is 7. The molecule has 0 saturated carbocycles. The number of halogens is 1. The third-order valence-corrected chi connectivity index (χ3v) is 6.87. The molecule has 1 aromatic heterocycles. The highest BCUT2D eigenvalue weighted by Gasteiger charge is 2.32. The van der Waals surface area contributed by atoms with Crippen LogP contribution >= 0.6 is 0 Å². The van der Waals surface area contributed by atoms with Crippen molar-refractivity contribution >= 4 is 22.8 Å². The fourth-order valence-electron chi connectivity index (χ4n) is 5.18. The van der Waals surface area contributed by atoms with Crippen LogP contribution in [-0.4, -0.2) is 27.6 Å². The van der Waals surface area contributed by atoms with Gasteiger partial charge in [-0.1, -0.05) is 51.1 Å². The number of carbonyl (C=O) groups is 2. The fourth-order valence-corrected chi connectivity index (χ4v) is 5.18. The van der Waals surface area contributed by atoms with E-state index in [1.54, 1.807) is 6.07 Å². The lowest BCUT2D eigenvalue weighted by atomic mass is 9.81. The van der Waals surface area contributed by atoms with Crippen molar-refractivity contribution in [1.29, 1.82) is 0 Å². The molecule has 2 N–H and O–H groups in total. The topological polar surface area (TPSA) is 71.3 Å². The summed E-state index contributed by atoms with van der Waals surface area (Å²) in [5, 5.41) is 13.7. The Bertz CT molecular complexity index is 1180. The Labute approximate surface area is 193 Å². The first kappa shape index (κ1) is 23.0. The van der Waals surface area contributed by atoms with E-state index in [2.05, 4.69) is 19.2 Å². The largest absolute Gasteiger partial charge is 0.480 e. The van der Waals surface area contributed by atoms with Crippen LogP contribution in [-0.2, 0) is 27.8 Å². The van der Waals surface area contributed by atoms with Gasteiger partial charge in [-0.2, -0.15) is 0 Å². The molecule has 2 aromatic carbocycles. The van der Waals surface area contributed by atoms with Gasteiger partial charge in [0.15, 0.2) is 0 Å². The zero-order chi connectivity index (χ0) is 23.8. The molecule has 1 aliphatic rings. The molecule has 5 nitrogen and oxygen atoms in total. The lowest BCUT2D eigenvalue weighted by molar-refractivity contribution is -0.141. The molecular formula is C27H31FN2O3. The van der Waals surface area contributed by atoms with Gasteiger partial charge in [0.2, 0.25) is 5.91 Å². The van der Waals surface area contributed by atoms with Crippen LogP contribution in [0, 0.1) is 5.82 Å². The number of hydrogen-bond donors (Lipinski definition) is 2. The number of amides is 1. The number of nitrogens with zero attached hydrogens (tertiary/aromatic N) is 1. The summed E-state index contributed by atoms with van der Waals surface area (Å²) >= 11 is 0. The van der Waals surface area contributed by atoms with E-state index < -0.39 is 12.0 Å². The first-order valence-electron chi connectivity index (χ1n) is 11.6. The van der Waals surface area contributed by atoms with E-state index in [1.165, 1.54) is 12.1 Å². The van der Waals surface area contributed by atoms with Gasteiger partial charge in [-0.05, 0) is 60.4 Å². The molecule has 3 aromatic rings. The second kappa shape index (κ2) is 9.00. The fraction of sp³-hybridized carbons (Fsp3) is 0.407. The average molecular weight is 451 g/mol. The zero-order valence-corrected chi connectivity index (χ0v) is 19.4. The summed E-state index contributed by atoms with van der Waals surface area (Å²) in [6.45, 7) is 5.98. The molecule has 1 unspecified atom stereocenters. The number of carboxylic acid groups (broad SMARTS) is 1. The summed E-state index contributed by atoms with van der Waals surface area (Å²) in [6.07, 6.45) is 2.74. The van der Waals surface area contributed by atoms with Crippen LogP contribution in [0.3, 0.4) is 0 Å². The number of aliphatic carboxylic acids is 1. The Kier molecular flexibility index (Phi) is 6.28. The van der Waals surface area contributed by atoms with E-state index in [1.807, 2.05) is 41.8 Å². The van der Waals surface area contributed by atoms with Crippen molar-refractivity contribution in [2.45, 2.75) is 70.4 Å². The molecule has 0 saturated heterocycles. The predicted molar refractivity (Wildman–Crippen MR) is 127 cm³/mol. The number of hydrogen-bond acceptors (Lipinski definition) is 2. The number of carboxylic acids is 1. The second-order valence-corrected chi connectivity index (χ2v) is 9.65. The van der Waals surface area contributed by atoms with Gasteiger partial charge >= 0.3 is 5.97 Å². The maximum atomic E-state index is 14.1. The molecule has 33 heavy (non-hydrogen) atoms. The first-order valence-corrected chi connectivity index (χ1v) is 11.6. The standard InChI is InChI=1S/C27H31FN2O3/c1-4-22(26(32)33)30-23-12-10-18(28)14-20(23)21-15-19(11-13-24(21)30)29-25(31)16-27(2,3)17-8-6-5-7-9-17/h5-10,12,14,19,22H,4,11,13,15-16H2,1-3H3,(H,29,31)(H,32,33)/t19-,22?/m0/s1. The van der Waals surface area contributed by atoms with Crippen LogP contribution in [0.2, 0.25) is 0 Å². The summed E-state index contributed by atoms with van der Waals surface area (Å²) in [4.78, 5) is 24.9. The van der Waals surface area contributed by atoms with Gasteiger partial charge in [0.05, 0.1) is 0 Å². The van der Waals surface area contributed by atoms with Crippen LogP contribution in [0.5, 0.6) is 0 Å². The molecule has 0 bridgehead atoms. The van der Waals surface area contributed by atoms with Crippen LogP contribution in [0.1, 0.15) is 62.9 Å². The molecule has 174 valence electrons. The number of carbonyl (C=O) groups excluding carboxylic acids is 1. The number of fused-ring (bicyclic) bond motifs is 3. The highest BCUT2D eigenvalue weighted by Crippen LogP contribution is 2.36. The molecule has 4 rings (SSSR count). The van der Waals surface area contributed by atoms with Crippen molar-refractivity contribution < 1.29 is 19.1 Å². The molecule has 1 heterocycles. The number of benzene rings is 2. The van der Waals surface area contributed by atoms with Gasteiger partial charge in [-0.25, -0.2) is 9.18 Å². The van der Waals surface area contributed by atoms with E-state index in [-0.39, 0.29) is 23.2 Å². The third kappa shape index (κ3) is 4.52. The van der Waals surface area contributed by atoms with Gasteiger partial charge in [-0.15, -0.1) is 0 Å². The second-order valence-electron chi connectivity index (χ2n) is 9.65. The Balaban J connectivity index is 1.58. The predicted octanol–water partition coefficient (Wildman–Crippen LogP) is 5.16. The number of nitrogens with one attached hydrogen (secondary N) is 1. The Morgan fingerprint density at radius 2 is 1.94 bits per heavy atom. The van der Waals surface area contributed by atoms with E-state index in [0.29, 0.717) is 25.7 Å². The van der Waals surface area contributed by atoms with Crippen LogP contribution < -0.4 is 5.32 Å². The van der Waals surface area contributed by atoms with Crippen molar-refractivity contribution in [1.82, 2.24) is 9.88 Å². The van der Waals surface area contributed by atoms with Gasteiger partial charge in [0.25, 0.3) is 0 Å². The SMILES string of the molecule is CCC(C(=O)O)n1c2c(c3cc(F)ccc31)C[C@@H](NC(=O)CC(C)(C)c1ccccc1)CC2. The maximum Gasteiger partial charge on any atom is 0.326 e. The van der Waals surface area contributed by atoms with Crippen molar-refractivity contribution in [2.75, 3.05) is 0 Å². The molecule has 2 atom stereocenters. The Morgan fingerprint density at radius 1 is 1.21 bits per heavy atom. The molecule has 0 fully saturated rings. The smallest absolute Gasteiger partial charge is 0.326 e. The van der Waals surface area contributed by atoms with E-state index in [4.69, 9.17) is 0 Å². The molecule has 1 amide bonds. The van der Waals surface area contributed by atoms with Gasteiger partial charge in [0.1, 0.15) is 11.9 Å². The van der Waals surface area contributed by atoms with Gasteiger partial charge in [-0.3, -0.25) is 4.79 Å². The summed E-state index contributed by atoms with van der Waals surface area (Å²) in [6, 6.07) is 13.8. The summed E-state index contributed by atoms with van der Waals surface area (Å²) in [5.41, 5.74) is 3.46. The normalized spacial score (nSPS) is 16.9. The maximum absolute atomic E-state index is 14.1. The van der Waals surface area contributed by atoms with Crippen LogP contribution in [0.4, 0.5) is 4.39 Å². The van der Waals surface area contributed by atoms with E-state index >= 15 is 0 Å². The van der Waals surface area contributed by atoms with E-state index in [0.717, 1.165) is 34.1 Å². The third-order valence-electron chi connectivity index (χ3n) is 6.87. The first-order chi connectivity index (χ1) is 15.7. The minimum Gasteiger partial charge on any atom is -0.480 e. The quantitative estimate of drug-likeness (QED) is 0.522. The van der Waals surface area contributed by atoms with Crippen LogP contribution in [0.25, 0.3) is 10.9 Å². The van der Waals surface area contributed by atoms with Crippen molar-refractivity contribution in [3.05, 3.63) is 71.2 Å². The minimum absolute atomic E-state index is 0.0100. The monoisotopic (exact) mass is 450 g/mol. The van der Waals surface area contributed by atoms with Crippen LogP contribution in [0.15, 0.2) is 48.5 Å². The lowest BCUT2D eigenvalue weighted by Gasteiger charge is -2.29. The average Bonchev–Trinajstić information content (AvgIpc) is 3.07. The van der Waals surface area contributed by atoms with Crippen molar-refractivity contribution in [3.8, 4) is 0 Å². The molecule has 6 heteroatoms. The number of aromatic nitrogens is 1. The van der Waals surface area contributed by atoms with E-state index in [9.17, 15) is 19.1 Å². The highest BCUT2D eigenvalue weighted by atomic mass is 19.1. The molecule has 0 radical (unpaired) electrons. The lowest BCUT2D eigenvalue weighted by Crippen LogP contribution is -2.41. The Hall–Kier alpha value is -3.15. The highest BCUT2D eigenvalue weighted by molar-refractivity contribution is 5.88. The summed E-state index contributed by atoms with van der Waals surface area (Å²) < 4.78 is 16.0. The van der Waals surface area contributed by atoms with Crippen molar-refractivity contribution in [3.63, 3.8) is 0 Å². The molecule has 0 aliphatic heterocycles. The zero-order valence-electron chi connectivity index (χ0n) is 19.4. The van der Waals surface area contributed by atoms with Gasteiger partial charge in [0, 0.05) is 29.1 Å². The molecule has 0 spiro atoms.